The molecule has 6 heterocycles. The predicted octanol–water partition coefficient (Wildman–Crippen LogP) is 3.64. The highest BCUT2D eigenvalue weighted by atomic mass is 32.1. The third-order valence-electron chi connectivity index (χ3n) is 10.7. The maximum atomic E-state index is 12.6. The van der Waals surface area contributed by atoms with Gasteiger partial charge < -0.3 is 30.5 Å². The predicted molar refractivity (Wildman–Crippen MR) is 178 cm³/mol. The van der Waals surface area contributed by atoms with Gasteiger partial charge in [-0.1, -0.05) is 5.16 Å². The van der Waals surface area contributed by atoms with Crippen molar-refractivity contribution in [3.05, 3.63) is 45.7 Å². The molecule has 5 N–H and O–H groups in total. The molecule has 3 fully saturated rings. The first kappa shape index (κ1) is 29.6. The number of hydrogen-bond donors (Lipinski definition) is 4. The minimum absolute atomic E-state index is 0.0100. The Bertz CT molecular complexity index is 1950. The van der Waals surface area contributed by atoms with E-state index in [9.17, 15) is 10.1 Å². The third-order valence-corrected chi connectivity index (χ3v) is 11.8. The van der Waals surface area contributed by atoms with Crippen molar-refractivity contribution >= 4 is 34.0 Å². The van der Waals surface area contributed by atoms with Crippen molar-refractivity contribution in [2.75, 3.05) is 48.8 Å². The Balaban J connectivity index is 1.11. The van der Waals surface area contributed by atoms with Crippen molar-refractivity contribution in [2.24, 2.45) is 0 Å². The molecule has 1 unspecified atom stereocenters. The fraction of sp³-hybridized carbons (Fsp3) is 0.515. The van der Waals surface area contributed by atoms with E-state index in [4.69, 9.17) is 25.0 Å². The molecule has 2 spiro atoms. The summed E-state index contributed by atoms with van der Waals surface area (Å²) in [4.78, 5) is 26.4. The van der Waals surface area contributed by atoms with Crippen molar-refractivity contribution in [2.45, 2.75) is 74.8 Å². The SMILES string of the molecule is N#Cc1c(N)sc2c1C1(CCC2)CCCc2c(-c3nc(N4CCNCC45CC5)cc(-n4ccc(NC(=O)N[C@H]5CCOC5)n4)n3)noc21. The average molecular weight is 668 g/mol. The number of piperazine rings is 1. The standard InChI is InChI=1S/C33H37N11O3S/c34-16-21-26-22(48-29(21)35)4-2-8-33(26)7-1-3-20-27(42-47-28(20)33)30-39-24(43-13-11-36-18-32(43)9-10-32)15-25(40-30)44-12-5-23(41-44)38-31(45)37-19-6-14-46-17-19/h5,12,15,19,36H,1-4,6-11,13-14,17-18,35H2,(H2,37,38,41,45)/t19-,33?/m0/s1. The zero-order valence-electron chi connectivity index (χ0n) is 26.5. The first-order chi connectivity index (χ1) is 23.5. The number of anilines is 3. The molecule has 9 rings (SSSR count). The second-order valence-electron chi connectivity index (χ2n) is 13.6. The summed E-state index contributed by atoms with van der Waals surface area (Å²) in [7, 11) is 0. The lowest BCUT2D eigenvalue weighted by Gasteiger charge is -2.39. The topological polar surface area (TPSA) is 185 Å². The summed E-state index contributed by atoms with van der Waals surface area (Å²) < 4.78 is 13.3. The minimum atomic E-state index is -0.434. The summed E-state index contributed by atoms with van der Waals surface area (Å²) in [5, 5.41) is 29.4. The van der Waals surface area contributed by atoms with Gasteiger partial charge in [-0.2, -0.15) is 5.26 Å². The molecule has 248 valence electrons. The smallest absolute Gasteiger partial charge is 0.320 e. The van der Waals surface area contributed by atoms with Gasteiger partial charge in [0.05, 0.1) is 29.2 Å². The molecule has 0 aromatic carbocycles. The summed E-state index contributed by atoms with van der Waals surface area (Å²) in [5.74, 6) is 3.09. The lowest BCUT2D eigenvalue weighted by Crippen LogP contribution is -2.53. The van der Waals surface area contributed by atoms with Crippen LogP contribution in [0.4, 0.5) is 21.4 Å². The van der Waals surface area contributed by atoms with Gasteiger partial charge >= 0.3 is 6.03 Å². The zero-order valence-corrected chi connectivity index (χ0v) is 27.4. The monoisotopic (exact) mass is 667 g/mol. The first-order valence-electron chi connectivity index (χ1n) is 16.9. The van der Waals surface area contributed by atoms with Crippen LogP contribution >= 0.6 is 11.3 Å². The Kier molecular flexibility index (Phi) is 6.96. The number of nitrogens with one attached hydrogen (secondary N) is 3. The molecular formula is C33H37N11O3S. The van der Waals surface area contributed by atoms with E-state index < -0.39 is 5.41 Å². The molecule has 48 heavy (non-hydrogen) atoms. The van der Waals surface area contributed by atoms with Crippen LogP contribution in [0.25, 0.3) is 17.3 Å². The van der Waals surface area contributed by atoms with E-state index in [1.165, 1.54) is 16.2 Å². The summed E-state index contributed by atoms with van der Waals surface area (Å²) in [5.41, 5.74) is 9.23. The number of rotatable bonds is 5. The van der Waals surface area contributed by atoms with Gasteiger partial charge in [0.15, 0.2) is 28.9 Å². The van der Waals surface area contributed by atoms with Crippen LogP contribution in [-0.2, 0) is 23.0 Å². The van der Waals surface area contributed by atoms with Gasteiger partial charge in [0.25, 0.3) is 0 Å². The van der Waals surface area contributed by atoms with E-state index in [0.717, 1.165) is 100 Å². The van der Waals surface area contributed by atoms with Crippen molar-refractivity contribution in [3.63, 3.8) is 0 Å². The molecule has 5 aliphatic rings. The second-order valence-corrected chi connectivity index (χ2v) is 14.8. The van der Waals surface area contributed by atoms with Crippen LogP contribution in [0.15, 0.2) is 22.9 Å². The second kappa shape index (κ2) is 11.3. The van der Waals surface area contributed by atoms with Gasteiger partial charge in [-0.05, 0) is 63.4 Å². The van der Waals surface area contributed by atoms with Gasteiger partial charge in [-0.3, -0.25) is 5.32 Å². The molecule has 4 aromatic heterocycles. The number of ether oxygens (including phenoxy) is 1. The number of fused-ring (bicyclic) bond motifs is 4. The van der Waals surface area contributed by atoms with Crippen LogP contribution in [0, 0.1) is 11.3 Å². The summed E-state index contributed by atoms with van der Waals surface area (Å²) in [6.07, 6.45) is 10.2. The summed E-state index contributed by atoms with van der Waals surface area (Å²) in [6.45, 7) is 3.76. The van der Waals surface area contributed by atoms with E-state index in [1.54, 1.807) is 16.9 Å². The molecule has 0 bridgehead atoms. The summed E-state index contributed by atoms with van der Waals surface area (Å²) in [6, 6.07) is 5.79. The number of aryl methyl sites for hydroxylation is 1. The highest BCUT2D eigenvalue weighted by Gasteiger charge is 2.51. The Morgan fingerprint density at radius 3 is 2.85 bits per heavy atom. The lowest BCUT2D eigenvalue weighted by atomic mass is 9.63. The van der Waals surface area contributed by atoms with E-state index in [2.05, 4.69) is 37.2 Å². The maximum Gasteiger partial charge on any atom is 0.320 e. The van der Waals surface area contributed by atoms with Crippen LogP contribution in [0.3, 0.4) is 0 Å². The van der Waals surface area contributed by atoms with Crippen LogP contribution in [0.1, 0.15) is 72.3 Å². The maximum absolute atomic E-state index is 12.6. The molecule has 2 atom stereocenters. The molecule has 2 aliphatic heterocycles. The van der Waals surface area contributed by atoms with E-state index >= 15 is 0 Å². The molecule has 4 aromatic rings. The van der Waals surface area contributed by atoms with Crippen LogP contribution in [0.2, 0.25) is 0 Å². The van der Waals surface area contributed by atoms with Crippen LogP contribution in [-0.4, -0.2) is 75.4 Å². The van der Waals surface area contributed by atoms with Crippen molar-refractivity contribution in [1.82, 2.24) is 35.5 Å². The zero-order chi connectivity index (χ0) is 32.5. The molecule has 1 saturated carbocycles. The Labute approximate surface area is 281 Å². The molecule has 0 radical (unpaired) electrons. The number of aromatic nitrogens is 5. The van der Waals surface area contributed by atoms with Gasteiger partial charge in [-0.15, -0.1) is 16.4 Å². The molecular weight excluding hydrogens is 631 g/mol. The number of carbonyl (C=O) groups is 1. The fourth-order valence-corrected chi connectivity index (χ4v) is 9.46. The number of nitrogen functional groups attached to an aromatic ring is 1. The number of amides is 2. The highest BCUT2D eigenvalue weighted by Crippen LogP contribution is 2.55. The molecule has 3 aliphatic carbocycles. The van der Waals surface area contributed by atoms with E-state index in [1.807, 2.05) is 6.07 Å². The quantitative estimate of drug-likeness (QED) is 0.244. The van der Waals surface area contributed by atoms with Gasteiger partial charge in [0.2, 0.25) is 0 Å². The van der Waals surface area contributed by atoms with Crippen LogP contribution < -0.4 is 26.6 Å². The van der Waals surface area contributed by atoms with E-state index in [-0.39, 0.29) is 17.6 Å². The van der Waals surface area contributed by atoms with E-state index in [0.29, 0.717) is 46.9 Å². The van der Waals surface area contributed by atoms with Gasteiger partial charge in [-0.25, -0.2) is 19.4 Å². The summed E-state index contributed by atoms with van der Waals surface area (Å²) >= 11 is 1.54. The number of hydrogen-bond acceptors (Lipinski definition) is 12. The Hall–Kier alpha value is -4.52. The fourth-order valence-electron chi connectivity index (χ4n) is 8.30. The Morgan fingerprint density at radius 1 is 1.19 bits per heavy atom. The molecule has 14 nitrogen and oxygen atoms in total. The Morgan fingerprint density at radius 2 is 2.04 bits per heavy atom. The van der Waals surface area contributed by atoms with Crippen LogP contribution in [0.5, 0.6) is 0 Å². The highest BCUT2D eigenvalue weighted by molar-refractivity contribution is 7.16. The third kappa shape index (κ3) is 4.76. The van der Waals surface area contributed by atoms with Gasteiger partial charge in [0.1, 0.15) is 16.9 Å². The lowest BCUT2D eigenvalue weighted by molar-refractivity contribution is 0.189. The normalized spacial score (nSPS) is 23.9. The number of nitrogens with two attached hydrogens (primary N) is 1. The average Bonchev–Trinajstić information content (AvgIpc) is 3.58. The number of urea groups is 1. The number of nitriles is 1. The largest absolute Gasteiger partial charge is 0.389 e. The van der Waals surface area contributed by atoms with Crippen molar-refractivity contribution in [1.29, 1.82) is 5.26 Å². The first-order valence-corrected chi connectivity index (χ1v) is 17.7. The number of nitrogens with zero attached hydrogens (tertiary/aromatic N) is 7. The molecule has 15 heteroatoms. The van der Waals surface area contributed by atoms with Crippen molar-refractivity contribution < 1.29 is 14.1 Å². The van der Waals surface area contributed by atoms with Crippen molar-refractivity contribution in [3.8, 4) is 23.4 Å². The molecule has 2 saturated heterocycles. The molecule has 2 amide bonds. The van der Waals surface area contributed by atoms with Gasteiger partial charge in [0, 0.05) is 55.0 Å². The number of thiophene rings is 1. The minimum Gasteiger partial charge on any atom is -0.389 e. The number of carbonyl (C=O) groups excluding carboxylic acids is 1.